The second-order valence-electron chi connectivity index (χ2n) is 7.75. The fourth-order valence-electron chi connectivity index (χ4n) is 4.14. The normalized spacial score (nSPS) is 24.9. The van der Waals surface area contributed by atoms with Gasteiger partial charge in [-0.2, -0.15) is 0 Å². The lowest BCUT2D eigenvalue weighted by atomic mass is 9.84. The first kappa shape index (κ1) is 19.4. The van der Waals surface area contributed by atoms with E-state index in [2.05, 4.69) is 4.90 Å². The SMILES string of the molecule is O=C1O[C@@H](c2ccc(F)cc2)C[C@H]1CN1CCC(O)(c2ccc(Cl)cc2)CC1. The Morgan fingerprint density at radius 3 is 2.39 bits per heavy atom. The van der Waals surface area contributed by atoms with Crippen molar-refractivity contribution >= 4 is 17.6 Å². The number of carbonyl (C=O) groups excluding carboxylic acids is 1. The van der Waals surface area contributed by atoms with Gasteiger partial charge in [0.2, 0.25) is 0 Å². The number of carbonyl (C=O) groups is 1. The van der Waals surface area contributed by atoms with Gasteiger partial charge < -0.3 is 14.7 Å². The lowest BCUT2D eigenvalue weighted by Crippen LogP contribution is -2.44. The standard InChI is InChI=1S/C22H23ClFNO3/c23-18-5-3-17(4-6-18)22(27)9-11-25(12-10-22)14-16-13-20(28-21(16)26)15-1-7-19(24)8-2-15/h1-8,16,20,27H,9-14H2/t16-,20+/m0/s1. The topological polar surface area (TPSA) is 49.8 Å². The molecule has 4 rings (SSSR count). The lowest BCUT2D eigenvalue weighted by Gasteiger charge is -2.39. The fourth-order valence-corrected chi connectivity index (χ4v) is 4.26. The highest BCUT2D eigenvalue weighted by Crippen LogP contribution is 2.37. The minimum atomic E-state index is -0.853. The van der Waals surface area contributed by atoms with Crippen molar-refractivity contribution in [3.05, 3.63) is 70.5 Å². The number of likely N-dealkylation sites (tertiary alicyclic amines) is 1. The van der Waals surface area contributed by atoms with E-state index in [0.29, 0.717) is 43.9 Å². The van der Waals surface area contributed by atoms with E-state index in [4.69, 9.17) is 16.3 Å². The van der Waals surface area contributed by atoms with Crippen LogP contribution in [-0.4, -0.2) is 35.6 Å². The molecule has 2 fully saturated rings. The van der Waals surface area contributed by atoms with Crippen LogP contribution >= 0.6 is 11.6 Å². The van der Waals surface area contributed by atoms with Crippen LogP contribution in [0.5, 0.6) is 0 Å². The predicted octanol–water partition coefficient (Wildman–Crippen LogP) is 4.07. The van der Waals surface area contributed by atoms with Crippen molar-refractivity contribution in [1.29, 1.82) is 0 Å². The maximum Gasteiger partial charge on any atom is 0.311 e. The summed E-state index contributed by atoms with van der Waals surface area (Å²) in [7, 11) is 0. The molecule has 28 heavy (non-hydrogen) atoms. The van der Waals surface area contributed by atoms with Gasteiger partial charge in [0.1, 0.15) is 11.9 Å². The first-order chi connectivity index (χ1) is 13.4. The molecule has 0 unspecified atom stereocenters. The van der Waals surface area contributed by atoms with E-state index in [9.17, 15) is 14.3 Å². The largest absolute Gasteiger partial charge is 0.457 e. The van der Waals surface area contributed by atoms with Crippen LogP contribution in [0.3, 0.4) is 0 Å². The molecule has 0 amide bonds. The average Bonchev–Trinajstić information content (AvgIpc) is 3.05. The van der Waals surface area contributed by atoms with Crippen LogP contribution < -0.4 is 0 Å². The number of esters is 1. The van der Waals surface area contributed by atoms with Gasteiger partial charge in [-0.15, -0.1) is 0 Å². The summed E-state index contributed by atoms with van der Waals surface area (Å²) < 4.78 is 18.6. The molecule has 0 aliphatic carbocycles. The van der Waals surface area contributed by atoms with Gasteiger partial charge in [0, 0.05) is 31.1 Å². The Morgan fingerprint density at radius 2 is 1.75 bits per heavy atom. The molecule has 2 aromatic carbocycles. The molecule has 2 saturated heterocycles. The third-order valence-electron chi connectivity index (χ3n) is 5.88. The van der Waals surface area contributed by atoms with Crippen LogP contribution in [0.2, 0.25) is 5.02 Å². The van der Waals surface area contributed by atoms with Gasteiger partial charge in [-0.3, -0.25) is 4.79 Å². The molecule has 2 aliphatic heterocycles. The molecule has 0 radical (unpaired) electrons. The monoisotopic (exact) mass is 403 g/mol. The van der Waals surface area contributed by atoms with Crippen molar-refractivity contribution in [2.75, 3.05) is 19.6 Å². The number of benzene rings is 2. The summed E-state index contributed by atoms with van der Waals surface area (Å²) in [6.45, 7) is 2.04. The molecule has 6 heteroatoms. The summed E-state index contributed by atoms with van der Waals surface area (Å²) >= 11 is 5.94. The van der Waals surface area contributed by atoms with Crippen molar-refractivity contribution in [1.82, 2.24) is 4.90 Å². The Bertz CT molecular complexity index is 832. The molecule has 0 bridgehead atoms. The number of rotatable bonds is 4. The minimum Gasteiger partial charge on any atom is -0.457 e. The number of ether oxygens (including phenoxy) is 1. The molecule has 2 aliphatic rings. The first-order valence-corrected chi connectivity index (χ1v) is 9.97. The van der Waals surface area contributed by atoms with Crippen LogP contribution in [0.25, 0.3) is 0 Å². The molecule has 0 saturated carbocycles. The van der Waals surface area contributed by atoms with E-state index in [1.54, 1.807) is 24.3 Å². The molecule has 148 valence electrons. The Hall–Kier alpha value is -1.95. The number of nitrogens with zero attached hydrogens (tertiary/aromatic N) is 1. The number of piperidine rings is 1. The zero-order valence-corrected chi connectivity index (χ0v) is 16.2. The first-order valence-electron chi connectivity index (χ1n) is 9.60. The van der Waals surface area contributed by atoms with Gasteiger partial charge in [-0.05, 0) is 48.2 Å². The predicted molar refractivity (Wildman–Crippen MR) is 104 cm³/mol. The van der Waals surface area contributed by atoms with Crippen LogP contribution in [0, 0.1) is 11.7 Å². The van der Waals surface area contributed by atoms with Crippen LogP contribution in [0.1, 0.15) is 36.5 Å². The van der Waals surface area contributed by atoms with E-state index >= 15 is 0 Å². The van der Waals surface area contributed by atoms with E-state index in [1.165, 1.54) is 12.1 Å². The van der Waals surface area contributed by atoms with E-state index in [0.717, 1.165) is 11.1 Å². The number of hydrogen-bond acceptors (Lipinski definition) is 4. The van der Waals surface area contributed by atoms with Gasteiger partial charge in [0.25, 0.3) is 0 Å². The summed E-state index contributed by atoms with van der Waals surface area (Å²) in [5.74, 6) is -0.698. The Labute approximate surface area is 168 Å². The van der Waals surface area contributed by atoms with Crippen LogP contribution in [0.15, 0.2) is 48.5 Å². The zero-order valence-electron chi connectivity index (χ0n) is 15.5. The summed E-state index contributed by atoms with van der Waals surface area (Å²) in [6.07, 6.45) is 1.51. The Kier molecular flexibility index (Phi) is 5.41. The molecule has 0 spiro atoms. The second-order valence-corrected chi connectivity index (χ2v) is 8.19. The van der Waals surface area contributed by atoms with Gasteiger partial charge in [0.15, 0.2) is 0 Å². The summed E-state index contributed by atoms with van der Waals surface area (Å²) in [6, 6.07) is 13.5. The minimum absolute atomic E-state index is 0.197. The van der Waals surface area contributed by atoms with Gasteiger partial charge in [-0.25, -0.2) is 4.39 Å². The molecular formula is C22H23ClFNO3. The molecular weight excluding hydrogens is 381 g/mol. The summed E-state index contributed by atoms with van der Waals surface area (Å²) in [4.78, 5) is 14.5. The van der Waals surface area contributed by atoms with Crippen LogP contribution in [0.4, 0.5) is 4.39 Å². The number of cyclic esters (lactones) is 1. The number of hydrogen-bond donors (Lipinski definition) is 1. The maximum atomic E-state index is 13.1. The van der Waals surface area contributed by atoms with Crippen LogP contribution in [-0.2, 0) is 15.1 Å². The highest BCUT2D eigenvalue weighted by molar-refractivity contribution is 6.30. The second kappa shape index (κ2) is 7.82. The zero-order chi connectivity index (χ0) is 19.7. The average molecular weight is 404 g/mol. The van der Waals surface area contributed by atoms with Crippen molar-refractivity contribution in [3.8, 4) is 0 Å². The van der Waals surface area contributed by atoms with Crippen molar-refractivity contribution in [3.63, 3.8) is 0 Å². The quantitative estimate of drug-likeness (QED) is 0.782. The fraction of sp³-hybridized carbons (Fsp3) is 0.409. The highest BCUT2D eigenvalue weighted by atomic mass is 35.5. The molecule has 2 heterocycles. The molecule has 0 aromatic heterocycles. The van der Waals surface area contributed by atoms with E-state index < -0.39 is 5.60 Å². The van der Waals surface area contributed by atoms with Crippen molar-refractivity contribution in [2.45, 2.75) is 31.0 Å². The number of aliphatic hydroxyl groups is 1. The van der Waals surface area contributed by atoms with Crippen molar-refractivity contribution < 1.29 is 19.0 Å². The Morgan fingerprint density at radius 1 is 1.11 bits per heavy atom. The third kappa shape index (κ3) is 4.07. The molecule has 1 N–H and O–H groups in total. The molecule has 2 aromatic rings. The van der Waals surface area contributed by atoms with E-state index in [1.807, 2.05) is 12.1 Å². The third-order valence-corrected chi connectivity index (χ3v) is 6.13. The Balaban J connectivity index is 1.34. The van der Waals surface area contributed by atoms with Gasteiger partial charge in [0.05, 0.1) is 11.5 Å². The maximum absolute atomic E-state index is 13.1. The summed E-state index contributed by atoms with van der Waals surface area (Å²) in [5, 5.41) is 11.6. The highest BCUT2D eigenvalue weighted by Gasteiger charge is 2.39. The van der Waals surface area contributed by atoms with Gasteiger partial charge >= 0.3 is 5.97 Å². The summed E-state index contributed by atoms with van der Waals surface area (Å²) in [5.41, 5.74) is 0.856. The molecule has 4 nitrogen and oxygen atoms in total. The molecule has 2 atom stereocenters. The lowest BCUT2D eigenvalue weighted by molar-refractivity contribution is -0.145. The van der Waals surface area contributed by atoms with Crippen molar-refractivity contribution in [2.24, 2.45) is 5.92 Å². The van der Waals surface area contributed by atoms with Gasteiger partial charge in [-0.1, -0.05) is 35.9 Å². The smallest absolute Gasteiger partial charge is 0.311 e. The van der Waals surface area contributed by atoms with E-state index in [-0.39, 0.29) is 23.8 Å². The number of halogens is 2.